The minimum absolute atomic E-state index is 0.110. The molecule has 132 valence electrons. The maximum Gasteiger partial charge on any atom is 0.315 e. The molecule has 0 saturated carbocycles. The summed E-state index contributed by atoms with van der Waals surface area (Å²) in [6.07, 6.45) is 2.48. The number of hydrogen-bond donors (Lipinski definition) is 2. The molecule has 4 heteroatoms. The van der Waals surface area contributed by atoms with Gasteiger partial charge in [-0.2, -0.15) is 0 Å². The molecule has 1 aliphatic heterocycles. The lowest BCUT2D eigenvalue weighted by Gasteiger charge is -2.28. The Kier molecular flexibility index (Phi) is 6.07. The summed E-state index contributed by atoms with van der Waals surface area (Å²) in [6, 6.07) is 18.8. The number of nitrogens with zero attached hydrogens (tertiary/aromatic N) is 1. The summed E-state index contributed by atoms with van der Waals surface area (Å²) < 4.78 is 0. The Morgan fingerprint density at radius 3 is 2.36 bits per heavy atom. The van der Waals surface area contributed by atoms with Crippen LogP contribution in [0.4, 0.5) is 4.79 Å². The fourth-order valence-electron chi connectivity index (χ4n) is 3.33. The summed E-state index contributed by atoms with van der Waals surface area (Å²) in [5.74, 6) is 0. The van der Waals surface area contributed by atoms with Crippen molar-refractivity contribution in [3.63, 3.8) is 0 Å². The maximum atomic E-state index is 12.2. The number of amides is 2. The van der Waals surface area contributed by atoms with Crippen LogP contribution in [0.1, 0.15) is 35.6 Å². The topological polar surface area (TPSA) is 44.4 Å². The Hall–Kier alpha value is -2.33. The third-order valence-corrected chi connectivity index (χ3v) is 4.80. The Labute approximate surface area is 150 Å². The van der Waals surface area contributed by atoms with Crippen molar-refractivity contribution in [1.82, 2.24) is 15.5 Å². The molecule has 0 aliphatic carbocycles. The molecule has 2 N–H and O–H groups in total. The van der Waals surface area contributed by atoms with Gasteiger partial charge in [-0.3, -0.25) is 4.90 Å². The number of carbonyl (C=O) groups is 1. The van der Waals surface area contributed by atoms with Gasteiger partial charge in [0.2, 0.25) is 0 Å². The van der Waals surface area contributed by atoms with Crippen molar-refractivity contribution in [3.05, 3.63) is 71.3 Å². The SMILES string of the molecule is Cc1ccc(CNC(=O)NCC(c2ccccc2)N2CCCC2)cc1. The number of nitrogens with one attached hydrogen (secondary N) is 2. The zero-order valence-electron chi connectivity index (χ0n) is 14.9. The molecule has 4 nitrogen and oxygen atoms in total. The minimum Gasteiger partial charge on any atom is -0.336 e. The van der Waals surface area contributed by atoms with E-state index in [1.54, 1.807) is 0 Å². The van der Waals surface area contributed by atoms with Crippen LogP contribution in [0.3, 0.4) is 0 Å². The van der Waals surface area contributed by atoms with Gasteiger partial charge in [0, 0.05) is 13.1 Å². The standard InChI is InChI=1S/C21H27N3O/c1-17-9-11-18(12-10-17)15-22-21(25)23-16-20(24-13-5-6-14-24)19-7-3-2-4-8-19/h2-4,7-12,20H,5-6,13-16H2,1H3,(H2,22,23,25). The highest BCUT2D eigenvalue weighted by Crippen LogP contribution is 2.24. The summed E-state index contributed by atoms with van der Waals surface area (Å²) >= 11 is 0. The van der Waals surface area contributed by atoms with Gasteiger partial charge in [-0.1, -0.05) is 60.2 Å². The van der Waals surface area contributed by atoms with Crippen molar-refractivity contribution >= 4 is 6.03 Å². The monoisotopic (exact) mass is 337 g/mol. The van der Waals surface area contributed by atoms with E-state index in [1.807, 2.05) is 18.2 Å². The summed E-state index contributed by atoms with van der Waals surface area (Å²) in [4.78, 5) is 14.7. The third-order valence-electron chi connectivity index (χ3n) is 4.80. The van der Waals surface area contributed by atoms with Crippen LogP contribution in [0.5, 0.6) is 0 Å². The van der Waals surface area contributed by atoms with Gasteiger partial charge in [0.25, 0.3) is 0 Å². The van der Waals surface area contributed by atoms with Crippen molar-refractivity contribution in [2.45, 2.75) is 32.4 Å². The largest absolute Gasteiger partial charge is 0.336 e. The number of aryl methyl sites for hydroxylation is 1. The van der Waals surface area contributed by atoms with Crippen molar-refractivity contribution in [2.75, 3.05) is 19.6 Å². The first-order chi connectivity index (χ1) is 12.2. The summed E-state index contributed by atoms with van der Waals surface area (Å²) in [6.45, 7) is 5.44. The van der Waals surface area contributed by atoms with Gasteiger partial charge in [-0.15, -0.1) is 0 Å². The van der Waals surface area contributed by atoms with Gasteiger partial charge in [0.05, 0.1) is 6.04 Å². The molecule has 3 rings (SSSR count). The number of hydrogen-bond acceptors (Lipinski definition) is 2. The van der Waals surface area contributed by atoms with E-state index < -0.39 is 0 Å². The molecule has 0 aromatic heterocycles. The van der Waals surface area contributed by atoms with E-state index >= 15 is 0 Å². The highest BCUT2D eigenvalue weighted by atomic mass is 16.2. The molecule has 2 aromatic rings. The van der Waals surface area contributed by atoms with E-state index in [2.05, 4.69) is 58.9 Å². The highest BCUT2D eigenvalue weighted by Gasteiger charge is 2.23. The van der Waals surface area contributed by atoms with E-state index in [1.165, 1.54) is 24.0 Å². The van der Waals surface area contributed by atoms with Crippen LogP contribution >= 0.6 is 0 Å². The third kappa shape index (κ3) is 5.07. The second-order valence-corrected chi connectivity index (χ2v) is 6.72. The molecule has 1 unspecified atom stereocenters. The normalized spacial score (nSPS) is 15.7. The number of urea groups is 1. The van der Waals surface area contributed by atoms with E-state index in [-0.39, 0.29) is 12.1 Å². The van der Waals surface area contributed by atoms with E-state index in [4.69, 9.17) is 0 Å². The smallest absolute Gasteiger partial charge is 0.315 e. The van der Waals surface area contributed by atoms with Crippen LogP contribution in [-0.2, 0) is 6.54 Å². The van der Waals surface area contributed by atoms with Crippen molar-refractivity contribution < 1.29 is 4.79 Å². The van der Waals surface area contributed by atoms with Crippen LogP contribution in [0, 0.1) is 6.92 Å². The molecule has 1 fully saturated rings. The summed E-state index contributed by atoms with van der Waals surface area (Å²) in [7, 11) is 0. The van der Waals surface area contributed by atoms with Crippen LogP contribution in [0.25, 0.3) is 0 Å². The Balaban J connectivity index is 1.53. The predicted octanol–water partition coefficient (Wildman–Crippen LogP) is 3.63. The second kappa shape index (κ2) is 8.67. The number of likely N-dealkylation sites (tertiary alicyclic amines) is 1. The average molecular weight is 337 g/mol. The fourth-order valence-corrected chi connectivity index (χ4v) is 3.33. The lowest BCUT2D eigenvalue weighted by atomic mass is 10.1. The van der Waals surface area contributed by atoms with Gasteiger partial charge in [-0.25, -0.2) is 4.79 Å². The second-order valence-electron chi connectivity index (χ2n) is 6.72. The minimum atomic E-state index is -0.110. The first kappa shape index (κ1) is 17.5. The zero-order valence-corrected chi connectivity index (χ0v) is 14.9. The Morgan fingerprint density at radius 2 is 1.68 bits per heavy atom. The van der Waals surface area contributed by atoms with Crippen LogP contribution in [0.15, 0.2) is 54.6 Å². The maximum absolute atomic E-state index is 12.2. The van der Waals surface area contributed by atoms with E-state index in [0.717, 1.165) is 18.7 Å². The summed E-state index contributed by atoms with van der Waals surface area (Å²) in [5, 5.41) is 6.00. The number of rotatable bonds is 6. The Bertz CT molecular complexity index is 663. The first-order valence-electron chi connectivity index (χ1n) is 9.08. The van der Waals surface area contributed by atoms with E-state index in [9.17, 15) is 4.79 Å². The van der Waals surface area contributed by atoms with Crippen LogP contribution in [-0.4, -0.2) is 30.6 Å². The molecule has 0 bridgehead atoms. The van der Waals surface area contributed by atoms with E-state index in [0.29, 0.717) is 13.1 Å². The molecule has 1 heterocycles. The van der Waals surface area contributed by atoms with Crippen LogP contribution < -0.4 is 10.6 Å². The molecular formula is C21H27N3O. The van der Waals surface area contributed by atoms with Gasteiger partial charge in [0.1, 0.15) is 0 Å². The zero-order chi connectivity index (χ0) is 17.5. The van der Waals surface area contributed by atoms with Gasteiger partial charge < -0.3 is 10.6 Å². The van der Waals surface area contributed by atoms with Gasteiger partial charge in [-0.05, 0) is 44.0 Å². The average Bonchev–Trinajstić information content (AvgIpc) is 3.17. The quantitative estimate of drug-likeness (QED) is 0.845. The molecule has 2 aromatic carbocycles. The lowest BCUT2D eigenvalue weighted by molar-refractivity contribution is 0.220. The predicted molar refractivity (Wildman–Crippen MR) is 101 cm³/mol. The lowest BCUT2D eigenvalue weighted by Crippen LogP contribution is -2.41. The molecule has 0 spiro atoms. The van der Waals surface area contributed by atoms with Crippen molar-refractivity contribution in [3.8, 4) is 0 Å². The number of carbonyl (C=O) groups excluding carboxylic acids is 1. The summed E-state index contributed by atoms with van der Waals surface area (Å²) in [5.41, 5.74) is 3.60. The molecule has 2 amide bonds. The van der Waals surface area contributed by atoms with Crippen molar-refractivity contribution in [2.24, 2.45) is 0 Å². The first-order valence-corrected chi connectivity index (χ1v) is 9.08. The van der Waals surface area contributed by atoms with Crippen LogP contribution in [0.2, 0.25) is 0 Å². The molecular weight excluding hydrogens is 310 g/mol. The van der Waals surface area contributed by atoms with Crippen molar-refractivity contribution in [1.29, 1.82) is 0 Å². The molecule has 25 heavy (non-hydrogen) atoms. The molecule has 1 aliphatic rings. The molecule has 1 saturated heterocycles. The fraction of sp³-hybridized carbons (Fsp3) is 0.381. The van der Waals surface area contributed by atoms with Gasteiger partial charge >= 0.3 is 6.03 Å². The Morgan fingerprint density at radius 1 is 1.00 bits per heavy atom. The number of benzene rings is 2. The molecule has 1 atom stereocenters. The van der Waals surface area contributed by atoms with Gasteiger partial charge in [0.15, 0.2) is 0 Å². The highest BCUT2D eigenvalue weighted by molar-refractivity contribution is 5.73. The molecule has 0 radical (unpaired) electrons.